The lowest BCUT2D eigenvalue weighted by atomic mass is 9.95. The molecule has 0 radical (unpaired) electrons. The second-order valence-electron chi connectivity index (χ2n) is 11.3. The molecule has 216 valence electrons. The Balaban J connectivity index is 1.41. The Kier molecular flexibility index (Phi) is 6.11. The molecule has 1 saturated carbocycles. The monoisotopic (exact) mass is 594 g/mol. The number of alkyl halides is 1. The van der Waals surface area contributed by atoms with Gasteiger partial charge < -0.3 is 9.84 Å². The molecule has 4 heterocycles. The van der Waals surface area contributed by atoms with Crippen molar-refractivity contribution >= 4 is 31.5 Å². The third-order valence-corrected chi connectivity index (χ3v) is 10.7. The molecule has 1 aliphatic carbocycles. The molecule has 3 fully saturated rings. The fraction of sp³-hybridized carbons (Fsp3) is 0.367. The summed E-state index contributed by atoms with van der Waals surface area (Å²) in [5.41, 5.74) is -1.39. The lowest BCUT2D eigenvalue weighted by Crippen LogP contribution is -2.43. The van der Waals surface area contributed by atoms with Crippen LogP contribution < -0.4 is 4.74 Å². The molecule has 2 saturated heterocycles. The Hall–Kier alpha value is -3.95. The molecule has 2 aliphatic heterocycles. The number of fused-ring (bicyclic) bond motifs is 3. The Morgan fingerprint density at radius 3 is 2.79 bits per heavy atom. The van der Waals surface area contributed by atoms with Crippen LogP contribution in [0.3, 0.4) is 0 Å². The largest absolute Gasteiger partial charge is 0.508 e. The van der Waals surface area contributed by atoms with Crippen LogP contribution in [0.5, 0.6) is 11.8 Å². The summed E-state index contributed by atoms with van der Waals surface area (Å²) in [6.07, 6.45) is 8.48. The minimum absolute atomic E-state index is 0.00459. The number of nitrogens with zero attached hydrogens (tertiary/aromatic N) is 4. The van der Waals surface area contributed by atoms with Gasteiger partial charge >= 0.3 is 6.01 Å². The normalized spacial score (nSPS) is 22.5. The predicted molar refractivity (Wildman–Crippen MR) is 149 cm³/mol. The van der Waals surface area contributed by atoms with Crippen molar-refractivity contribution in [1.82, 2.24) is 19.9 Å². The number of aromatic hydroxyl groups is 1. The number of phenolic OH excluding ortho intramolecular Hbond substituents is 1. The number of ether oxygens (including phenoxy) is 1. The lowest BCUT2D eigenvalue weighted by Gasteiger charge is -2.30. The number of aromatic nitrogens is 3. The van der Waals surface area contributed by atoms with Gasteiger partial charge in [-0.05, 0) is 55.8 Å². The molecule has 0 spiro atoms. The maximum absolute atomic E-state index is 16.4. The zero-order valence-electron chi connectivity index (χ0n) is 22.3. The van der Waals surface area contributed by atoms with E-state index in [1.165, 1.54) is 18.2 Å². The molecule has 0 unspecified atom stereocenters. The highest BCUT2D eigenvalue weighted by atomic mass is 32.2. The van der Waals surface area contributed by atoms with Gasteiger partial charge in [0, 0.05) is 30.1 Å². The number of pyridine rings is 1. The number of sulfone groups is 1. The average Bonchev–Trinajstić information content (AvgIpc) is 3.69. The quantitative estimate of drug-likeness (QED) is 0.253. The maximum Gasteiger partial charge on any atom is 0.318 e. The van der Waals surface area contributed by atoms with Gasteiger partial charge in [0.1, 0.15) is 35.6 Å². The highest BCUT2D eigenvalue weighted by Crippen LogP contribution is 2.42. The summed E-state index contributed by atoms with van der Waals surface area (Å²) < 4.78 is 78.1. The third kappa shape index (κ3) is 4.17. The minimum Gasteiger partial charge on any atom is -0.508 e. The molecule has 8 nitrogen and oxygen atoms in total. The first-order valence-electron chi connectivity index (χ1n) is 13.7. The van der Waals surface area contributed by atoms with Crippen LogP contribution in [0.1, 0.15) is 37.7 Å². The average molecular weight is 595 g/mol. The Bertz CT molecular complexity index is 1940. The van der Waals surface area contributed by atoms with Gasteiger partial charge in [0.15, 0.2) is 20.7 Å². The number of phenols is 1. The van der Waals surface area contributed by atoms with Crippen molar-refractivity contribution in [3.63, 3.8) is 0 Å². The summed E-state index contributed by atoms with van der Waals surface area (Å²) in [6.45, 7) is 1.04. The van der Waals surface area contributed by atoms with Crippen molar-refractivity contribution in [2.75, 3.05) is 19.7 Å². The summed E-state index contributed by atoms with van der Waals surface area (Å²) >= 11 is 0. The van der Waals surface area contributed by atoms with Crippen LogP contribution in [0.25, 0.3) is 32.9 Å². The van der Waals surface area contributed by atoms with E-state index in [0.29, 0.717) is 31.2 Å². The van der Waals surface area contributed by atoms with Crippen molar-refractivity contribution in [2.24, 2.45) is 0 Å². The van der Waals surface area contributed by atoms with Gasteiger partial charge in [-0.25, -0.2) is 21.6 Å². The molecule has 2 aromatic carbocycles. The molecule has 12 heteroatoms. The fourth-order valence-electron chi connectivity index (χ4n) is 6.42. The van der Waals surface area contributed by atoms with Crippen LogP contribution in [0.2, 0.25) is 0 Å². The van der Waals surface area contributed by atoms with E-state index < -0.39 is 43.5 Å². The SMILES string of the molecule is C#Cc1c(F)ccc2cc(O)cc(-c3ncc4c(S(=O)(=O)C5CC5)nc(OC[C@@]56CCCN5C[C@H](F)C6)nc4c3F)c12. The third-order valence-electron chi connectivity index (χ3n) is 8.54. The second kappa shape index (κ2) is 9.54. The molecule has 4 aromatic rings. The Morgan fingerprint density at radius 2 is 2.02 bits per heavy atom. The number of terminal acetylenes is 1. The van der Waals surface area contributed by atoms with Crippen molar-refractivity contribution < 1.29 is 31.4 Å². The molecular weight excluding hydrogens is 569 g/mol. The molecule has 1 N–H and O–H groups in total. The van der Waals surface area contributed by atoms with Gasteiger partial charge in [-0.15, -0.1) is 6.42 Å². The van der Waals surface area contributed by atoms with Gasteiger partial charge in [0.25, 0.3) is 0 Å². The molecular formula is C30H25F3N4O4S. The van der Waals surface area contributed by atoms with Gasteiger partial charge in [-0.1, -0.05) is 12.0 Å². The molecule has 42 heavy (non-hydrogen) atoms. The van der Waals surface area contributed by atoms with Crippen LogP contribution in [-0.2, 0) is 9.84 Å². The van der Waals surface area contributed by atoms with E-state index in [1.54, 1.807) is 0 Å². The van der Waals surface area contributed by atoms with Crippen LogP contribution >= 0.6 is 0 Å². The van der Waals surface area contributed by atoms with Crippen LogP contribution in [0, 0.1) is 24.0 Å². The van der Waals surface area contributed by atoms with Gasteiger partial charge in [-0.3, -0.25) is 9.88 Å². The summed E-state index contributed by atoms with van der Waals surface area (Å²) in [7, 11) is -3.96. The van der Waals surface area contributed by atoms with E-state index in [2.05, 4.69) is 20.9 Å². The summed E-state index contributed by atoms with van der Waals surface area (Å²) in [5.74, 6) is 0.319. The van der Waals surface area contributed by atoms with Crippen molar-refractivity contribution in [3.8, 4) is 35.4 Å². The number of rotatable bonds is 6. The maximum atomic E-state index is 16.4. The van der Waals surface area contributed by atoms with E-state index in [4.69, 9.17) is 11.2 Å². The zero-order valence-corrected chi connectivity index (χ0v) is 23.1. The predicted octanol–water partition coefficient (Wildman–Crippen LogP) is 4.70. The van der Waals surface area contributed by atoms with Crippen LogP contribution in [-0.4, -0.2) is 70.0 Å². The molecule has 2 aromatic heterocycles. The van der Waals surface area contributed by atoms with E-state index in [-0.39, 0.29) is 57.9 Å². The van der Waals surface area contributed by atoms with Gasteiger partial charge in [0.05, 0.1) is 21.7 Å². The first-order chi connectivity index (χ1) is 20.1. The number of benzene rings is 2. The van der Waals surface area contributed by atoms with E-state index in [9.17, 15) is 22.3 Å². The van der Waals surface area contributed by atoms with Gasteiger partial charge in [0.2, 0.25) is 0 Å². The Morgan fingerprint density at radius 1 is 1.21 bits per heavy atom. The summed E-state index contributed by atoms with van der Waals surface area (Å²) in [6, 6.07) is 4.78. The minimum atomic E-state index is -3.96. The lowest BCUT2D eigenvalue weighted by molar-refractivity contribution is 0.107. The number of hydrogen-bond donors (Lipinski definition) is 1. The first kappa shape index (κ1) is 26.9. The van der Waals surface area contributed by atoms with Crippen LogP contribution in [0.15, 0.2) is 35.5 Å². The van der Waals surface area contributed by atoms with Gasteiger partial charge in [-0.2, -0.15) is 9.97 Å². The smallest absolute Gasteiger partial charge is 0.318 e. The number of halogens is 3. The highest BCUT2D eigenvalue weighted by Gasteiger charge is 2.49. The van der Waals surface area contributed by atoms with E-state index >= 15 is 4.39 Å². The van der Waals surface area contributed by atoms with Crippen molar-refractivity contribution in [2.45, 2.75) is 54.1 Å². The summed E-state index contributed by atoms with van der Waals surface area (Å²) in [4.78, 5) is 14.7. The van der Waals surface area contributed by atoms with Crippen molar-refractivity contribution in [3.05, 3.63) is 47.7 Å². The molecule has 0 bridgehead atoms. The molecule has 0 amide bonds. The number of hydrogen-bond acceptors (Lipinski definition) is 8. The second-order valence-corrected chi connectivity index (χ2v) is 13.4. The van der Waals surface area contributed by atoms with Crippen molar-refractivity contribution in [1.29, 1.82) is 0 Å². The standard InChI is InChI=1S/C30H25F3N4O4S/c1-2-20-23(32)7-4-16-10-18(38)11-21(24(16)20)26-25(33)27-22(13-34-26)28(42(39,40)19-5-6-19)36-29(35-27)41-15-30-8-3-9-37(30)14-17(31)12-30/h1,4,7,10-11,13,17,19,38H,3,5-6,8-9,12,14-15H2/t17-,30+/m1/s1. The zero-order chi connectivity index (χ0) is 29.4. The first-order valence-corrected chi connectivity index (χ1v) is 15.2. The molecule has 3 aliphatic rings. The molecule has 2 atom stereocenters. The van der Waals surface area contributed by atoms with E-state index in [0.717, 1.165) is 25.2 Å². The van der Waals surface area contributed by atoms with E-state index in [1.807, 2.05) is 4.90 Å². The fourth-order valence-corrected chi connectivity index (χ4v) is 8.15. The Labute approximate surface area is 239 Å². The topological polar surface area (TPSA) is 106 Å². The highest BCUT2D eigenvalue weighted by molar-refractivity contribution is 7.92. The van der Waals surface area contributed by atoms with Crippen LogP contribution in [0.4, 0.5) is 13.2 Å². The molecule has 7 rings (SSSR count). The summed E-state index contributed by atoms with van der Waals surface area (Å²) in [5, 5.41) is 9.71.